The first-order valence-electron chi connectivity index (χ1n) is 6.33. The molecule has 0 aliphatic carbocycles. The van der Waals surface area contributed by atoms with Crippen molar-refractivity contribution >= 4 is 17.6 Å². The number of anilines is 3. The molecule has 6 nitrogen and oxygen atoms in total. The quantitative estimate of drug-likeness (QED) is 0.922. The topological polar surface area (TPSA) is 63.2 Å². The third-order valence-electron chi connectivity index (χ3n) is 2.90. The molecule has 0 amide bonds. The Morgan fingerprint density at radius 1 is 1.05 bits per heavy atom. The summed E-state index contributed by atoms with van der Waals surface area (Å²) in [5.41, 5.74) is 3.42. The van der Waals surface area contributed by atoms with Gasteiger partial charge in [-0.1, -0.05) is 6.07 Å². The molecule has 1 aromatic carbocycles. The number of aromatic nitrogens is 3. The molecule has 1 aromatic heterocycles. The molecule has 0 saturated heterocycles. The average molecular weight is 273 g/mol. The molecule has 0 fully saturated rings. The molecule has 0 aliphatic rings. The molecule has 2 rings (SSSR count). The van der Waals surface area contributed by atoms with E-state index >= 15 is 0 Å². The van der Waals surface area contributed by atoms with Crippen LogP contribution in [-0.4, -0.2) is 36.2 Å². The summed E-state index contributed by atoms with van der Waals surface area (Å²) in [5, 5.41) is 2.90. The third-order valence-corrected chi connectivity index (χ3v) is 2.90. The zero-order valence-corrected chi connectivity index (χ0v) is 12.4. The maximum absolute atomic E-state index is 5.10. The van der Waals surface area contributed by atoms with Crippen LogP contribution in [0.5, 0.6) is 6.01 Å². The highest BCUT2D eigenvalue weighted by Crippen LogP contribution is 2.24. The molecule has 2 aromatic rings. The van der Waals surface area contributed by atoms with Gasteiger partial charge in [0.15, 0.2) is 0 Å². The Hall–Kier alpha value is -2.37. The molecular formula is C14H19N5O. The first kappa shape index (κ1) is 14.0. The number of aryl methyl sites for hydroxylation is 2. The number of nitrogens with zero attached hydrogens (tertiary/aromatic N) is 4. The lowest BCUT2D eigenvalue weighted by molar-refractivity contribution is 0.379. The van der Waals surface area contributed by atoms with E-state index in [0.717, 1.165) is 5.69 Å². The zero-order chi connectivity index (χ0) is 14.7. The minimum absolute atomic E-state index is 0.288. The van der Waals surface area contributed by atoms with E-state index in [1.54, 1.807) is 7.05 Å². The molecule has 0 saturated carbocycles. The van der Waals surface area contributed by atoms with E-state index in [4.69, 9.17) is 4.74 Å². The van der Waals surface area contributed by atoms with E-state index < -0.39 is 0 Å². The number of rotatable bonds is 4. The standard InChI is InChI=1S/C14H19N5O/c1-9-6-10(2)8-11(7-9)19(4)13-16-12(15-3)17-14(18-13)20-5/h6-8H,1-5H3,(H,15,16,17,18). The summed E-state index contributed by atoms with van der Waals surface area (Å²) >= 11 is 0. The van der Waals surface area contributed by atoms with Gasteiger partial charge in [-0.15, -0.1) is 0 Å². The maximum Gasteiger partial charge on any atom is 0.322 e. The van der Waals surface area contributed by atoms with Gasteiger partial charge in [0.25, 0.3) is 0 Å². The van der Waals surface area contributed by atoms with Crippen LogP contribution in [0.3, 0.4) is 0 Å². The summed E-state index contributed by atoms with van der Waals surface area (Å²) in [4.78, 5) is 14.6. The van der Waals surface area contributed by atoms with Crippen molar-refractivity contribution in [1.82, 2.24) is 15.0 Å². The first-order chi connectivity index (χ1) is 9.53. The molecule has 0 unspecified atom stereocenters. The van der Waals surface area contributed by atoms with E-state index in [-0.39, 0.29) is 6.01 Å². The summed E-state index contributed by atoms with van der Waals surface area (Å²) in [6, 6.07) is 6.59. The second-order valence-electron chi connectivity index (χ2n) is 4.60. The van der Waals surface area contributed by atoms with Gasteiger partial charge < -0.3 is 15.0 Å². The highest BCUT2D eigenvalue weighted by molar-refractivity contribution is 5.59. The van der Waals surface area contributed by atoms with Gasteiger partial charge in [-0.3, -0.25) is 0 Å². The summed E-state index contributed by atoms with van der Waals surface area (Å²) < 4.78 is 5.10. The Bertz CT molecular complexity index is 572. The predicted molar refractivity (Wildman–Crippen MR) is 79.9 cm³/mol. The number of methoxy groups -OCH3 is 1. The van der Waals surface area contributed by atoms with Gasteiger partial charge >= 0.3 is 6.01 Å². The van der Waals surface area contributed by atoms with Crippen molar-refractivity contribution in [2.24, 2.45) is 0 Å². The van der Waals surface area contributed by atoms with Crippen LogP contribution in [0.15, 0.2) is 18.2 Å². The monoisotopic (exact) mass is 273 g/mol. The van der Waals surface area contributed by atoms with Crippen molar-refractivity contribution in [1.29, 1.82) is 0 Å². The fourth-order valence-electron chi connectivity index (χ4n) is 1.96. The summed E-state index contributed by atoms with van der Waals surface area (Å²) in [6.07, 6.45) is 0. The average Bonchev–Trinajstić information content (AvgIpc) is 2.44. The van der Waals surface area contributed by atoms with Gasteiger partial charge in [-0.2, -0.15) is 15.0 Å². The molecular weight excluding hydrogens is 254 g/mol. The summed E-state index contributed by atoms with van der Waals surface area (Å²) in [6.45, 7) is 4.13. The predicted octanol–water partition coefficient (Wildman–Crippen LogP) is 2.31. The molecule has 1 heterocycles. The van der Waals surface area contributed by atoms with Crippen molar-refractivity contribution in [3.8, 4) is 6.01 Å². The second-order valence-corrected chi connectivity index (χ2v) is 4.60. The lowest BCUT2D eigenvalue weighted by Crippen LogP contribution is -2.15. The Morgan fingerprint density at radius 2 is 1.70 bits per heavy atom. The SMILES string of the molecule is CNc1nc(OC)nc(N(C)c2cc(C)cc(C)c2)n1. The largest absolute Gasteiger partial charge is 0.467 e. The lowest BCUT2D eigenvalue weighted by Gasteiger charge is -2.19. The number of hydrogen-bond acceptors (Lipinski definition) is 6. The van der Waals surface area contributed by atoms with Gasteiger partial charge in [-0.05, 0) is 37.1 Å². The second kappa shape index (κ2) is 5.73. The van der Waals surface area contributed by atoms with Crippen LogP contribution < -0.4 is 15.0 Å². The van der Waals surface area contributed by atoms with Crippen LogP contribution in [0.2, 0.25) is 0 Å². The van der Waals surface area contributed by atoms with Crippen LogP contribution in [0, 0.1) is 13.8 Å². The van der Waals surface area contributed by atoms with Gasteiger partial charge in [0.1, 0.15) is 0 Å². The van der Waals surface area contributed by atoms with Gasteiger partial charge in [0.05, 0.1) is 7.11 Å². The van der Waals surface area contributed by atoms with E-state index in [9.17, 15) is 0 Å². The minimum atomic E-state index is 0.288. The van der Waals surface area contributed by atoms with Gasteiger partial charge in [-0.25, -0.2) is 0 Å². The normalized spacial score (nSPS) is 10.2. The molecule has 106 valence electrons. The fourth-order valence-corrected chi connectivity index (χ4v) is 1.96. The number of benzene rings is 1. The van der Waals surface area contributed by atoms with Crippen LogP contribution in [-0.2, 0) is 0 Å². The Morgan fingerprint density at radius 3 is 2.25 bits per heavy atom. The third kappa shape index (κ3) is 2.96. The summed E-state index contributed by atoms with van der Waals surface area (Å²) in [7, 11) is 5.22. The van der Waals surface area contributed by atoms with E-state index in [0.29, 0.717) is 11.9 Å². The Labute approximate surface area is 118 Å². The molecule has 0 radical (unpaired) electrons. The van der Waals surface area contributed by atoms with E-state index in [1.807, 2.05) is 11.9 Å². The maximum atomic E-state index is 5.10. The molecule has 0 spiro atoms. The summed E-state index contributed by atoms with van der Waals surface area (Å²) in [5.74, 6) is 1.01. The van der Waals surface area contributed by atoms with E-state index in [2.05, 4.69) is 52.3 Å². The smallest absolute Gasteiger partial charge is 0.322 e. The van der Waals surface area contributed by atoms with Crippen LogP contribution >= 0.6 is 0 Å². The van der Waals surface area contributed by atoms with Gasteiger partial charge in [0, 0.05) is 19.8 Å². The van der Waals surface area contributed by atoms with Crippen molar-refractivity contribution < 1.29 is 4.74 Å². The van der Waals surface area contributed by atoms with Crippen molar-refractivity contribution in [2.75, 3.05) is 31.4 Å². The number of ether oxygens (including phenoxy) is 1. The van der Waals surface area contributed by atoms with Gasteiger partial charge in [0.2, 0.25) is 11.9 Å². The van der Waals surface area contributed by atoms with Crippen LogP contribution in [0.4, 0.5) is 17.6 Å². The highest BCUT2D eigenvalue weighted by atomic mass is 16.5. The first-order valence-corrected chi connectivity index (χ1v) is 6.33. The van der Waals surface area contributed by atoms with Crippen molar-refractivity contribution in [2.45, 2.75) is 13.8 Å². The Kier molecular flexibility index (Phi) is 4.02. The molecule has 0 aliphatic heterocycles. The van der Waals surface area contributed by atoms with Crippen molar-refractivity contribution in [3.05, 3.63) is 29.3 Å². The molecule has 0 atom stereocenters. The molecule has 6 heteroatoms. The fraction of sp³-hybridized carbons (Fsp3) is 0.357. The lowest BCUT2D eigenvalue weighted by atomic mass is 10.1. The number of nitrogens with one attached hydrogen (secondary N) is 1. The van der Waals surface area contributed by atoms with Crippen LogP contribution in [0.1, 0.15) is 11.1 Å². The highest BCUT2D eigenvalue weighted by Gasteiger charge is 2.12. The zero-order valence-electron chi connectivity index (χ0n) is 12.4. The van der Waals surface area contributed by atoms with Crippen LogP contribution in [0.25, 0.3) is 0 Å². The molecule has 0 bridgehead atoms. The Balaban J connectivity index is 2.43. The number of hydrogen-bond donors (Lipinski definition) is 1. The minimum Gasteiger partial charge on any atom is -0.467 e. The molecule has 20 heavy (non-hydrogen) atoms. The van der Waals surface area contributed by atoms with E-state index in [1.165, 1.54) is 18.2 Å². The van der Waals surface area contributed by atoms with Crippen molar-refractivity contribution in [3.63, 3.8) is 0 Å². The molecule has 1 N–H and O–H groups in total.